The summed E-state index contributed by atoms with van der Waals surface area (Å²) in [7, 11) is 0. The maximum atomic E-state index is 11.1. The van der Waals surface area contributed by atoms with E-state index in [-0.39, 0.29) is 18.4 Å². The van der Waals surface area contributed by atoms with Crippen LogP contribution in [0.1, 0.15) is 24.2 Å². The second kappa shape index (κ2) is 10.8. The maximum absolute atomic E-state index is 11.1. The number of esters is 1. The number of ether oxygens (including phenoxy) is 4. The van der Waals surface area contributed by atoms with Crippen molar-refractivity contribution in [2.75, 3.05) is 39.6 Å². The van der Waals surface area contributed by atoms with Crippen LogP contribution in [0.25, 0.3) is 0 Å². The molecule has 0 spiro atoms. The first-order valence-corrected chi connectivity index (χ1v) is 7.12. The van der Waals surface area contributed by atoms with Crippen molar-refractivity contribution < 1.29 is 28.5 Å². The molecule has 6 heteroatoms. The molecule has 0 aliphatic rings. The van der Waals surface area contributed by atoms with E-state index in [0.717, 1.165) is 0 Å². The summed E-state index contributed by atoms with van der Waals surface area (Å²) in [6.45, 7) is 5.27. The molecule has 0 heterocycles. The lowest BCUT2D eigenvalue weighted by molar-refractivity contribution is -0.142. The lowest BCUT2D eigenvalue weighted by atomic mass is 10.1. The van der Waals surface area contributed by atoms with Gasteiger partial charge < -0.3 is 18.9 Å². The number of Topliss-reactive ketones (excluding diaryl/α,β-unsaturated/α-hetero) is 1. The van der Waals surface area contributed by atoms with E-state index in [2.05, 4.69) is 0 Å². The maximum Gasteiger partial charge on any atom is 0.302 e. The summed E-state index contributed by atoms with van der Waals surface area (Å²) >= 11 is 0. The van der Waals surface area contributed by atoms with Crippen LogP contribution < -0.4 is 4.74 Å². The number of hydrogen-bond acceptors (Lipinski definition) is 6. The third-order valence-electron chi connectivity index (χ3n) is 2.66. The van der Waals surface area contributed by atoms with Gasteiger partial charge >= 0.3 is 5.97 Å². The Bertz CT molecular complexity index is 454. The van der Waals surface area contributed by atoms with Crippen molar-refractivity contribution in [3.8, 4) is 5.75 Å². The van der Waals surface area contributed by atoms with Crippen LogP contribution in [0.15, 0.2) is 24.3 Å². The normalized spacial score (nSPS) is 10.3. The van der Waals surface area contributed by atoms with Crippen molar-refractivity contribution in [2.45, 2.75) is 13.8 Å². The zero-order chi connectivity index (χ0) is 16.2. The largest absolute Gasteiger partial charge is 0.491 e. The highest BCUT2D eigenvalue weighted by atomic mass is 16.6. The van der Waals surface area contributed by atoms with Crippen LogP contribution >= 0.6 is 0 Å². The highest BCUT2D eigenvalue weighted by molar-refractivity contribution is 5.94. The quantitative estimate of drug-likeness (QED) is 0.353. The van der Waals surface area contributed by atoms with E-state index in [1.54, 1.807) is 24.3 Å². The van der Waals surface area contributed by atoms with Crippen LogP contribution in [0, 0.1) is 0 Å². The Balaban J connectivity index is 1.97. The van der Waals surface area contributed by atoms with Crippen LogP contribution in [0.3, 0.4) is 0 Å². The molecule has 122 valence electrons. The van der Waals surface area contributed by atoms with E-state index < -0.39 is 0 Å². The van der Waals surface area contributed by atoms with E-state index >= 15 is 0 Å². The topological polar surface area (TPSA) is 71.1 Å². The molecule has 0 saturated carbocycles. The highest BCUT2D eigenvalue weighted by Crippen LogP contribution is 2.12. The summed E-state index contributed by atoms with van der Waals surface area (Å²) in [5.74, 6) is 0.420. The summed E-state index contributed by atoms with van der Waals surface area (Å²) < 4.78 is 20.7. The van der Waals surface area contributed by atoms with Gasteiger partial charge in [0.05, 0.1) is 26.4 Å². The average Bonchev–Trinajstić information content (AvgIpc) is 2.49. The first kappa shape index (κ1) is 18.1. The molecule has 22 heavy (non-hydrogen) atoms. The molecule has 0 aliphatic carbocycles. The molecule has 0 bridgehead atoms. The third kappa shape index (κ3) is 8.39. The molecule has 1 aromatic carbocycles. The Hall–Kier alpha value is -1.92. The van der Waals surface area contributed by atoms with Crippen LogP contribution in [-0.2, 0) is 19.0 Å². The van der Waals surface area contributed by atoms with E-state index in [1.165, 1.54) is 13.8 Å². The molecule has 0 saturated heterocycles. The molecule has 1 rings (SSSR count). The van der Waals surface area contributed by atoms with Crippen molar-refractivity contribution >= 4 is 11.8 Å². The lowest BCUT2D eigenvalue weighted by Crippen LogP contribution is -2.13. The van der Waals surface area contributed by atoms with Gasteiger partial charge in [0.1, 0.15) is 19.0 Å². The zero-order valence-electron chi connectivity index (χ0n) is 13.0. The van der Waals surface area contributed by atoms with E-state index in [1.807, 2.05) is 0 Å². The predicted octanol–water partition coefficient (Wildman–Crippen LogP) is 1.86. The molecule has 0 N–H and O–H groups in total. The van der Waals surface area contributed by atoms with Crippen molar-refractivity contribution in [1.82, 2.24) is 0 Å². The number of benzene rings is 1. The SMILES string of the molecule is CC(=O)OCCOCCOCCOc1ccc(C(C)=O)cc1. The second-order valence-electron chi connectivity index (χ2n) is 4.49. The lowest BCUT2D eigenvalue weighted by Gasteiger charge is -2.08. The van der Waals surface area contributed by atoms with Gasteiger partial charge in [-0.1, -0.05) is 0 Å². The fourth-order valence-corrected chi connectivity index (χ4v) is 1.57. The van der Waals surface area contributed by atoms with E-state index in [0.29, 0.717) is 44.3 Å². The number of ketones is 1. The first-order chi connectivity index (χ1) is 10.6. The van der Waals surface area contributed by atoms with Gasteiger partial charge in [-0.3, -0.25) is 9.59 Å². The zero-order valence-corrected chi connectivity index (χ0v) is 13.0. The highest BCUT2D eigenvalue weighted by Gasteiger charge is 1.99. The minimum absolute atomic E-state index is 0.0311. The minimum atomic E-state index is -0.312. The Morgan fingerprint density at radius 2 is 1.36 bits per heavy atom. The van der Waals surface area contributed by atoms with Crippen molar-refractivity contribution in [1.29, 1.82) is 0 Å². The number of carbonyl (C=O) groups excluding carboxylic acids is 2. The molecule has 0 fully saturated rings. The molecule has 0 atom stereocenters. The molecule has 0 radical (unpaired) electrons. The van der Waals surface area contributed by atoms with Crippen LogP contribution in [0.5, 0.6) is 5.75 Å². The molecule has 0 amide bonds. The Labute approximate surface area is 130 Å². The van der Waals surface area contributed by atoms with E-state index in [9.17, 15) is 9.59 Å². The minimum Gasteiger partial charge on any atom is -0.491 e. The fourth-order valence-electron chi connectivity index (χ4n) is 1.57. The number of rotatable bonds is 11. The Morgan fingerprint density at radius 1 is 0.818 bits per heavy atom. The second-order valence-corrected chi connectivity index (χ2v) is 4.49. The van der Waals surface area contributed by atoms with Crippen LogP contribution in [0.2, 0.25) is 0 Å². The van der Waals surface area contributed by atoms with Gasteiger partial charge in [0, 0.05) is 12.5 Å². The van der Waals surface area contributed by atoms with Gasteiger partial charge in [0.15, 0.2) is 5.78 Å². The standard InChI is InChI=1S/C16H22O6/c1-13(17)15-3-5-16(6-4-15)22-12-10-20-8-7-19-9-11-21-14(2)18/h3-6H,7-12H2,1-2H3. The average molecular weight is 310 g/mol. The van der Waals surface area contributed by atoms with Gasteiger partial charge in [0.2, 0.25) is 0 Å². The smallest absolute Gasteiger partial charge is 0.302 e. The summed E-state index contributed by atoms with van der Waals surface area (Å²) in [5, 5.41) is 0. The summed E-state index contributed by atoms with van der Waals surface area (Å²) in [4.78, 5) is 21.6. The third-order valence-corrected chi connectivity index (χ3v) is 2.66. The van der Waals surface area contributed by atoms with Gasteiger partial charge in [-0.15, -0.1) is 0 Å². The van der Waals surface area contributed by atoms with Crippen molar-refractivity contribution in [3.05, 3.63) is 29.8 Å². The monoisotopic (exact) mass is 310 g/mol. The summed E-state index contributed by atoms with van der Waals surface area (Å²) in [5.41, 5.74) is 0.662. The molecule has 0 unspecified atom stereocenters. The van der Waals surface area contributed by atoms with Crippen LogP contribution in [0.4, 0.5) is 0 Å². The fraction of sp³-hybridized carbons (Fsp3) is 0.500. The van der Waals surface area contributed by atoms with Crippen LogP contribution in [-0.4, -0.2) is 51.4 Å². The molecular formula is C16H22O6. The van der Waals surface area contributed by atoms with Gasteiger partial charge in [0.25, 0.3) is 0 Å². The van der Waals surface area contributed by atoms with Crippen molar-refractivity contribution in [3.63, 3.8) is 0 Å². The van der Waals surface area contributed by atoms with Crippen molar-refractivity contribution in [2.24, 2.45) is 0 Å². The summed E-state index contributed by atoms with van der Waals surface area (Å²) in [6, 6.07) is 6.98. The van der Waals surface area contributed by atoms with Gasteiger partial charge in [-0.05, 0) is 31.2 Å². The molecular weight excluding hydrogens is 288 g/mol. The first-order valence-electron chi connectivity index (χ1n) is 7.12. The Morgan fingerprint density at radius 3 is 1.91 bits per heavy atom. The van der Waals surface area contributed by atoms with E-state index in [4.69, 9.17) is 18.9 Å². The van der Waals surface area contributed by atoms with Gasteiger partial charge in [-0.2, -0.15) is 0 Å². The summed E-state index contributed by atoms with van der Waals surface area (Å²) in [6.07, 6.45) is 0. The molecule has 6 nitrogen and oxygen atoms in total. The predicted molar refractivity (Wildman–Crippen MR) is 80.2 cm³/mol. The molecule has 0 aromatic heterocycles. The van der Waals surface area contributed by atoms with Gasteiger partial charge in [-0.25, -0.2) is 0 Å². The number of hydrogen-bond donors (Lipinski definition) is 0. The Kier molecular flexibility index (Phi) is 8.86. The molecule has 0 aliphatic heterocycles. The molecule has 1 aromatic rings. The number of carbonyl (C=O) groups is 2.